The van der Waals surface area contributed by atoms with Gasteiger partial charge >= 0.3 is 263 Å². The molecule has 3 heteroatoms. The van der Waals surface area contributed by atoms with E-state index in [1.54, 1.807) is 21.2 Å². The third-order valence-electron chi connectivity index (χ3n) is 21.2. The Morgan fingerprint density at radius 1 is 0.356 bits per heavy atom. The van der Waals surface area contributed by atoms with E-state index in [9.17, 15) is 0 Å². The van der Waals surface area contributed by atoms with Gasteiger partial charge in [0, 0.05) is 0 Å². The van der Waals surface area contributed by atoms with Crippen LogP contribution in [0.1, 0.15) is 44.5 Å². The molecule has 0 nitrogen and oxygen atoms in total. The van der Waals surface area contributed by atoms with Crippen molar-refractivity contribution in [3.63, 3.8) is 0 Å². The summed E-state index contributed by atoms with van der Waals surface area (Å²) in [5.41, 5.74) is 11.8. The fourth-order valence-electron chi connectivity index (χ4n) is 22.9. The van der Waals surface area contributed by atoms with Crippen LogP contribution in [0.15, 0.2) is 72.8 Å². The molecule has 0 bridgehead atoms. The van der Waals surface area contributed by atoms with Crippen molar-refractivity contribution in [3.8, 4) is 0 Å². The van der Waals surface area contributed by atoms with Crippen LogP contribution in [0.4, 0.5) is 0 Å². The molecule has 45 heavy (non-hydrogen) atoms. The van der Waals surface area contributed by atoms with Gasteiger partial charge in [-0.05, 0) is 0 Å². The van der Waals surface area contributed by atoms with Gasteiger partial charge in [-0.25, -0.2) is 0 Å². The summed E-state index contributed by atoms with van der Waals surface area (Å²) < 4.78 is 1.37. The van der Waals surface area contributed by atoms with E-state index in [1.807, 2.05) is 0 Å². The van der Waals surface area contributed by atoms with Crippen LogP contribution in [0.3, 0.4) is 0 Å². The van der Waals surface area contributed by atoms with E-state index in [4.69, 9.17) is 0 Å². The van der Waals surface area contributed by atoms with Gasteiger partial charge in [-0.15, -0.1) is 0 Å². The molecule has 1 spiro atoms. The van der Waals surface area contributed by atoms with Crippen molar-refractivity contribution >= 4 is 37.1 Å². The molecule has 0 aromatic heterocycles. The van der Waals surface area contributed by atoms with Crippen molar-refractivity contribution in [1.82, 2.24) is 0 Å². The van der Waals surface area contributed by atoms with Crippen molar-refractivity contribution in [1.29, 1.82) is 0 Å². The molecule has 14 rings (SSSR count). The van der Waals surface area contributed by atoms with Crippen molar-refractivity contribution in [3.05, 3.63) is 117 Å². The van der Waals surface area contributed by atoms with Gasteiger partial charge in [0.05, 0.1) is 0 Å². The maximum absolute atomic E-state index is 4.02. The first kappa shape index (κ1) is 24.4. The normalized spacial score (nSPS) is 54.2. The Morgan fingerprint density at radius 2 is 0.578 bits per heavy atom. The van der Waals surface area contributed by atoms with Gasteiger partial charge in [0.25, 0.3) is 0 Å². The van der Waals surface area contributed by atoms with E-state index in [1.165, 1.54) is 83.0 Å². The van der Waals surface area contributed by atoms with Crippen LogP contribution in [0.2, 0.25) is 38.5 Å². The Hall–Kier alpha value is -1.74. The van der Waals surface area contributed by atoms with Crippen molar-refractivity contribution < 1.29 is 6.51 Å². The number of fused-ring (bicyclic) bond motifs is 10. The van der Waals surface area contributed by atoms with Crippen molar-refractivity contribution in [2.45, 2.75) is 102 Å². The first-order chi connectivity index (χ1) is 21.3. The van der Waals surface area contributed by atoms with Crippen LogP contribution >= 0.6 is 15.8 Å². The summed E-state index contributed by atoms with van der Waals surface area (Å²) in [5.74, 6) is 0. The number of rotatable bonds is 6. The van der Waals surface area contributed by atoms with Gasteiger partial charge in [-0.2, -0.15) is 0 Å². The van der Waals surface area contributed by atoms with E-state index >= 15 is 0 Å². The molecule has 10 fully saturated rings. The SMILES string of the molecule is Cc1cc(C)cc(P(c2cc(C)cc(C)c2)[C]23[CH]4[CH]5[CH]6[C]2(P(c2cc(C)cc(C)c2)c2cc(C)cc(C)c2)[Fe]54632789[CH]3[CH]2[CH]7[CH]8[CH]39)c1. The standard InChI is InChI=1S/C37H39P2.C5H5.Fe/c1-24-12-25(2)17-32(16-24)38(33-18-26(3)13-27(4)19-33)36-10-9-11-37(36)39(34-20-28(5)14-29(6)21-34)35-22-30(7)15-31(8)23-35;1-2-4-5-3-1;/h9-23H,1-8H3;1-5H;. The fraction of sp³-hybridized carbons (Fsp3) is 0.429. The Kier molecular flexibility index (Phi) is 2.20. The van der Waals surface area contributed by atoms with Gasteiger partial charge in [0.1, 0.15) is 0 Å². The Balaban J connectivity index is 1.15. The predicted molar refractivity (Wildman–Crippen MR) is 192 cm³/mol. The molecule has 4 aromatic rings. The first-order valence-corrected chi connectivity index (χ1v) is 26.3. The zero-order chi connectivity index (χ0) is 30.5. The molecule has 0 radical (unpaired) electrons. The van der Waals surface area contributed by atoms with E-state index < -0.39 is 22.4 Å². The van der Waals surface area contributed by atoms with E-state index in [-0.39, 0.29) is 0 Å². The monoisotopic (exact) mass is 666 g/mol. The molecule has 230 valence electrons. The molecule has 10 aliphatic rings. The van der Waals surface area contributed by atoms with Crippen LogP contribution in [0.5, 0.6) is 0 Å². The first-order valence-electron chi connectivity index (χ1n) is 17.4. The molecule has 4 aromatic carbocycles. The maximum atomic E-state index is 2.69. The molecule has 0 saturated carbocycles. The van der Waals surface area contributed by atoms with Crippen LogP contribution in [-0.2, 0) is 6.51 Å². The van der Waals surface area contributed by atoms with E-state index in [2.05, 4.69) is 128 Å². The summed E-state index contributed by atoms with van der Waals surface area (Å²) in [5, 5.41) is 7.04. The van der Waals surface area contributed by atoms with Crippen molar-refractivity contribution in [2.24, 2.45) is 0 Å². The third-order valence-corrected chi connectivity index (χ3v) is 77.9. The zero-order valence-corrected chi connectivity index (χ0v) is 30.7. The van der Waals surface area contributed by atoms with Gasteiger partial charge < -0.3 is 0 Å². The van der Waals surface area contributed by atoms with Crippen LogP contribution in [-0.4, -0.2) is 8.11 Å². The second-order valence-electron chi connectivity index (χ2n) is 19.7. The molecule has 0 N–H and O–H groups in total. The topological polar surface area (TPSA) is 0 Å². The quantitative estimate of drug-likeness (QED) is 0.142. The van der Waals surface area contributed by atoms with Gasteiger partial charge in [0.2, 0.25) is 0 Å². The van der Waals surface area contributed by atoms with Crippen LogP contribution in [0.25, 0.3) is 0 Å². The van der Waals surface area contributed by atoms with Gasteiger partial charge in [0.15, 0.2) is 0 Å². The second kappa shape index (κ2) is 4.05. The molecule has 0 amide bonds. The molecular formula is C42H44FeP2. The van der Waals surface area contributed by atoms with Crippen LogP contribution < -0.4 is 21.2 Å². The third kappa shape index (κ3) is 0.755. The van der Waals surface area contributed by atoms with E-state index in [0.29, 0.717) is 8.11 Å². The minimum atomic E-state index is -4.02. The van der Waals surface area contributed by atoms with Gasteiger partial charge in [-0.1, -0.05) is 0 Å². The summed E-state index contributed by atoms with van der Waals surface area (Å²) in [6.07, 6.45) is 0. The molecule has 10 aliphatic heterocycles. The minimum absolute atomic E-state index is 0.409. The number of hydrogen-bond acceptors (Lipinski definition) is 0. The van der Waals surface area contributed by atoms with Crippen molar-refractivity contribution in [2.75, 3.05) is 0 Å². The second-order valence-corrected chi connectivity index (χ2v) is 48.6. The average molecular weight is 667 g/mol. The molecule has 10 heterocycles. The number of benzene rings is 4. The zero-order valence-electron chi connectivity index (χ0n) is 27.8. The number of hydrogen-bond donors (Lipinski definition) is 0. The Labute approximate surface area is 261 Å². The Morgan fingerprint density at radius 3 is 0.756 bits per heavy atom. The molecule has 10 saturated heterocycles. The van der Waals surface area contributed by atoms with Gasteiger partial charge in [-0.3, -0.25) is 0 Å². The summed E-state index contributed by atoms with van der Waals surface area (Å²) in [6, 6.07) is 31.2. The summed E-state index contributed by atoms with van der Waals surface area (Å²) in [7, 11) is -0.819. The average Bonchev–Trinajstić information content (AvgIpc) is 3.87. The fourth-order valence-corrected chi connectivity index (χ4v) is 129. The van der Waals surface area contributed by atoms with E-state index in [0.717, 1.165) is 0 Å². The molecule has 0 aliphatic carbocycles. The molecule has 4 unspecified atom stereocenters. The predicted octanol–water partition coefficient (Wildman–Crippen LogP) is 9.92. The summed E-state index contributed by atoms with van der Waals surface area (Å²) in [6.45, 7) is 15.0. The number of aryl methyl sites for hydroxylation is 8. The molecular weight excluding hydrogens is 622 g/mol. The summed E-state index contributed by atoms with van der Waals surface area (Å²) >= 11 is 0. The van der Waals surface area contributed by atoms with Crippen LogP contribution in [0, 0.1) is 55.4 Å². The summed E-state index contributed by atoms with van der Waals surface area (Å²) in [4.78, 5) is 9.99. The molecule has 4 atom stereocenters. The Bertz CT molecular complexity index is 2250.